The molecule has 1 saturated carbocycles. The Bertz CT molecular complexity index is 1040. The number of hydrogen-bond acceptors (Lipinski definition) is 7. The van der Waals surface area contributed by atoms with Crippen LogP contribution in [0, 0.1) is 5.41 Å². The number of likely N-dealkylation sites (tertiary alicyclic amines) is 1. The van der Waals surface area contributed by atoms with Gasteiger partial charge in [-0.3, -0.25) is 9.69 Å². The number of rotatable bonds is 5. The van der Waals surface area contributed by atoms with Crippen LogP contribution in [0.1, 0.15) is 44.6 Å². The molecule has 32 heavy (non-hydrogen) atoms. The van der Waals surface area contributed by atoms with E-state index in [1.807, 2.05) is 17.0 Å². The zero-order valence-electron chi connectivity index (χ0n) is 18.5. The lowest BCUT2D eigenvalue weighted by molar-refractivity contribution is -0.138. The number of ether oxygens (including phenoxy) is 1. The number of hydrogen-bond donors (Lipinski definition) is 0. The normalized spacial score (nSPS) is 26.0. The Morgan fingerprint density at radius 1 is 1.16 bits per heavy atom. The van der Waals surface area contributed by atoms with Crippen LogP contribution in [0.2, 0.25) is 0 Å². The van der Waals surface area contributed by atoms with Crippen molar-refractivity contribution >= 4 is 11.9 Å². The van der Waals surface area contributed by atoms with Crippen LogP contribution < -0.4 is 0 Å². The molecule has 1 aliphatic carbocycles. The van der Waals surface area contributed by atoms with Crippen molar-refractivity contribution in [2.24, 2.45) is 5.41 Å². The molecule has 1 spiro atoms. The van der Waals surface area contributed by atoms with Crippen LogP contribution in [0.25, 0.3) is 5.69 Å². The van der Waals surface area contributed by atoms with E-state index in [9.17, 15) is 9.59 Å². The third-order valence-corrected chi connectivity index (χ3v) is 7.40. The number of amides is 1. The monoisotopic (exact) mass is 436 g/mol. The SMILES string of the molecule is CC1=C(N2CC[C@]3(CC[C@H](N(C)Cc4ccc(-n5ncnn5)cc4)CC3)C2=O)COC1=O. The maximum absolute atomic E-state index is 13.3. The van der Waals surface area contributed by atoms with Crippen LogP contribution in [-0.2, 0) is 20.9 Å². The molecule has 168 valence electrons. The summed E-state index contributed by atoms with van der Waals surface area (Å²) in [4.78, 5) is 30.7. The molecular formula is C23H28N6O3. The quantitative estimate of drug-likeness (QED) is 0.663. The van der Waals surface area contributed by atoms with Crippen LogP contribution in [0.5, 0.6) is 0 Å². The zero-order valence-corrected chi connectivity index (χ0v) is 18.5. The number of benzene rings is 1. The first-order chi connectivity index (χ1) is 15.5. The maximum atomic E-state index is 13.3. The summed E-state index contributed by atoms with van der Waals surface area (Å²) in [6.45, 7) is 3.53. The van der Waals surface area contributed by atoms with E-state index in [2.05, 4.69) is 39.5 Å². The molecule has 9 heteroatoms. The fourth-order valence-corrected chi connectivity index (χ4v) is 5.32. The molecule has 0 unspecified atom stereocenters. The van der Waals surface area contributed by atoms with Gasteiger partial charge in [0, 0.05) is 19.1 Å². The molecule has 1 aromatic carbocycles. The summed E-state index contributed by atoms with van der Waals surface area (Å²) in [6, 6.07) is 8.65. The minimum atomic E-state index is -0.301. The topological polar surface area (TPSA) is 93.5 Å². The van der Waals surface area contributed by atoms with E-state index in [1.54, 1.807) is 6.92 Å². The first kappa shape index (κ1) is 20.8. The Morgan fingerprint density at radius 3 is 2.53 bits per heavy atom. The highest BCUT2D eigenvalue weighted by Gasteiger charge is 2.50. The van der Waals surface area contributed by atoms with Gasteiger partial charge in [-0.25, -0.2) is 4.79 Å². The van der Waals surface area contributed by atoms with Gasteiger partial charge in [-0.05, 0) is 69.0 Å². The van der Waals surface area contributed by atoms with Gasteiger partial charge in [0.05, 0.1) is 22.4 Å². The summed E-state index contributed by atoms with van der Waals surface area (Å²) in [5.74, 6) is -0.117. The average molecular weight is 437 g/mol. The van der Waals surface area contributed by atoms with Crippen molar-refractivity contribution in [3.05, 3.63) is 47.4 Å². The molecule has 0 N–H and O–H groups in total. The number of nitrogens with zero attached hydrogens (tertiary/aromatic N) is 6. The highest BCUT2D eigenvalue weighted by Crippen LogP contribution is 2.47. The number of carbonyl (C=O) groups is 2. The van der Waals surface area contributed by atoms with Crippen molar-refractivity contribution in [1.29, 1.82) is 0 Å². The zero-order chi connectivity index (χ0) is 22.3. The van der Waals surface area contributed by atoms with Gasteiger partial charge in [-0.1, -0.05) is 12.1 Å². The van der Waals surface area contributed by atoms with Gasteiger partial charge >= 0.3 is 5.97 Å². The van der Waals surface area contributed by atoms with Gasteiger partial charge in [-0.2, -0.15) is 0 Å². The molecule has 1 saturated heterocycles. The molecule has 0 atom stereocenters. The van der Waals surface area contributed by atoms with Crippen molar-refractivity contribution in [3.8, 4) is 5.69 Å². The summed E-state index contributed by atoms with van der Waals surface area (Å²) in [5.41, 5.74) is 3.18. The Balaban J connectivity index is 1.18. The van der Waals surface area contributed by atoms with E-state index in [-0.39, 0.29) is 23.9 Å². The molecular weight excluding hydrogens is 408 g/mol. The number of aromatic nitrogens is 4. The maximum Gasteiger partial charge on any atom is 0.336 e. The fourth-order valence-electron chi connectivity index (χ4n) is 5.32. The third kappa shape index (κ3) is 3.60. The van der Waals surface area contributed by atoms with Crippen LogP contribution in [0.15, 0.2) is 41.9 Å². The standard InChI is InChI=1S/C23H28N6O3/c1-16-20(14-32-21(16)30)28-12-11-23(22(28)31)9-7-18(8-10-23)27(2)13-17-3-5-19(6-4-17)29-25-15-24-26-29/h3-6,15,18H,7-14H2,1-2H3/t18-,23+. The molecule has 1 aromatic heterocycles. The van der Waals surface area contributed by atoms with Crippen molar-refractivity contribution in [3.63, 3.8) is 0 Å². The first-order valence-electron chi connectivity index (χ1n) is 11.2. The van der Waals surface area contributed by atoms with Gasteiger partial charge in [0.25, 0.3) is 0 Å². The average Bonchev–Trinajstić information content (AvgIpc) is 3.52. The fraction of sp³-hybridized carbons (Fsp3) is 0.522. The van der Waals surface area contributed by atoms with Crippen molar-refractivity contribution in [2.75, 3.05) is 20.2 Å². The Kier molecular flexibility index (Phi) is 5.28. The summed E-state index contributed by atoms with van der Waals surface area (Å²) < 4.78 is 5.12. The molecule has 2 aliphatic heterocycles. The molecule has 1 amide bonds. The highest BCUT2D eigenvalue weighted by atomic mass is 16.5. The Hall–Kier alpha value is -3.07. The lowest BCUT2D eigenvalue weighted by Gasteiger charge is -2.39. The molecule has 5 rings (SSSR count). The summed E-state index contributed by atoms with van der Waals surface area (Å²) in [7, 11) is 2.16. The Morgan fingerprint density at radius 2 is 1.91 bits per heavy atom. The number of cyclic esters (lactones) is 1. The molecule has 3 aliphatic rings. The van der Waals surface area contributed by atoms with Gasteiger partial charge in [0.2, 0.25) is 5.91 Å². The molecule has 0 bridgehead atoms. The van der Waals surface area contributed by atoms with Gasteiger partial charge in [-0.15, -0.1) is 15.0 Å². The smallest absolute Gasteiger partial charge is 0.336 e. The second-order valence-corrected chi connectivity index (χ2v) is 9.17. The van der Waals surface area contributed by atoms with Gasteiger partial charge < -0.3 is 9.64 Å². The van der Waals surface area contributed by atoms with Crippen LogP contribution in [0.3, 0.4) is 0 Å². The van der Waals surface area contributed by atoms with E-state index in [0.717, 1.165) is 50.0 Å². The number of esters is 1. The largest absolute Gasteiger partial charge is 0.456 e. The van der Waals surface area contributed by atoms with E-state index in [0.29, 0.717) is 18.2 Å². The predicted molar refractivity (Wildman–Crippen MR) is 115 cm³/mol. The number of carbonyl (C=O) groups excluding carboxylic acids is 2. The van der Waals surface area contributed by atoms with Crippen molar-refractivity contribution in [1.82, 2.24) is 30.0 Å². The lowest BCUT2D eigenvalue weighted by Crippen LogP contribution is -2.42. The second-order valence-electron chi connectivity index (χ2n) is 9.17. The summed E-state index contributed by atoms with van der Waals surface area (Å²) in [6.07, 6.45) is 6.09. The van der Waals surface area contributed by atoms with Crippen LogP contribution in [-0.4, -0.2) is 68.1 Å². The molecule has 9 nitrogen and oxygen atoms in total. The van der Waals surface area contributed by atoms with Crippen LogP contribution in [0.4, 0.5) is 0 Å². The van der Waals surface area contributed by atoms with E-state index < -0.39 is 0 Å². The summed E-state index contributed by atoms with van der Waals surface area (Å²) >= 11 is 0. The second kappa shape index (κ2) is 8.12. The minimum absolute atomic E-state index is 0.184. The predicted octanol–water partition coefficient (Wildman–Crippen LogP) is 2.09. The minimum Gasteiger partial charge on any atom is -0.456 e. The molecule has 0 radical (unpaired) electrons. The third-order valence-electron chi connectivity index (χ3n) is 7.40. The molecule has 2 fully saturated rings. The van der Waals surface area contributed by atoms with E-state index in [4.69, 9.17) is 4.74 Å². The Labute approximate surface area is 187 Å². The first-order valence-corrected chi connectivity index (χ1v) is 11.2. The molecule has 3 heterocycles. The van der Waals surface area contributed by atoms with E-state index >= 15 is 0 Å². The lowest BCUT2D eigenvalue weighted by atomic mass is 9.71. The van der Waals surface area contributed by atoms with Gasteiger partial charge in [0.15, 0.2) is 6.33 Å². The van der Waals surface area contributed by atoms with Crippen molar-refractivity contribution < 1.29 is 14.3 Å². The van der Waals surface area contributed by atoms with E-state index in [1.165, 1.54) is 16.7 Å². The number of tetrazole rings is 1. The molecule has 2 aromatic rings. The van der Waals surface area contributed by atoms with Crippen molar-refractivity contribution in [2.45, 2.75) is 51.6 Å². The summed E-state index contributed by atoms with van der Waals surface area (Å²) in [5, 5.41) is 11.7. The van der Waals surface area contributed by atoms with Crippen LogP contribution >= 0.6 is 0 Å². The van der Waals surface area contributed by atoms with Gasteiger partial charge in [0.1, 0.15) is 6.61 Å². The highest BCUT2D eigenvalue weighted by molar-refractivity contribution is 5.94.